The number of aliphatic hydroxyl groups excluding tert-OH is 1. The molecule has 0 spiro atoms. The summed E-state index contributed by atoms with van der Waals surface area (Å²) in [6, 6.07) is 14.9. The first kappa shape index (κ1) is 39.9. The lowest BCUT2D eigenvalue weighted by molar-refractivity contribution is -0.137. The molecule has 1 aliphatic rings. The molecule has 0 fully saturated rings. The molecule has 0 radical (unpaired) electrons. The molecular formula is C37H48F3N3O7S. The van der Waals surface area contributed by atoms with E-state index in [1.165, 1.54) is 54.5 Å². The maximum atomic E-state index is 14.4. The summed E-state index contributed by atoms with van der Waals surface area (Å²) in [5, 5.41) is 10.2. The van der Waals surface area contributed by atoms with Crippen LogP contribution in [0.2, 0.25) is 0 Å². The van der Waals surface area contributed by atoms with Gasteiger partial charge in [0.2, 0.25) is 0 Å². The number of methoxy groups -OCH3 is 1. The lowest BCUT2D eigenvalue weighted by atomic mass is 10.0. The zero-order valence-electron chi connectivity index (χ0n) is 29.7. The lowest BCUT2D eigenvalue weighted by Gasteiger charge is -2.36. The van der Waals surface area contributed by atoms with Crippen LogP contribution in [-0.4, -0.2) is 87.9 Å². The van der Waals surface area contributed by atoms with E-state index in [2.05, 4.69) is 4.72 Å². The van der Waals surface area contributed by atoms with E-state index in [1.54, 1.807) is 19.1 Å². The fraction of sp³-hybridized carbons (Fsp3) is 0.486. The maximum Gasteiger partial charge on any atom is 0.416 e. The number of hydrogen-bond acceptors (Lipinski definition) is 8. The smallest absolute Gasteiger partial charge is 0.416 e. The predicted octanol–water partition coefficient (Wildman–Crippen LogP) is 6.44. The van der Waals surface area contributed by atoms with Crippen LogP contribution in [0.15, 0.2) is 71.6 Å². The third-order valence-corrected chi connectivity index (χ3v) is 10.3. The third kappa shape index (κ3) is 11.1. The van der Waals surface area contributed by atoms with Crippen LogP contribution >= 0.6 is 0 Å². The first-order valence-corrected chi connectivity index (χ1v) is 18.4. The molecule has 280 valence electrons. The number of ether oxygens (including phenoxy) is 3. The van der Waals surface area contributed by atoms with Crippen LogP contribution in [-0.2, 0) is 27.5 Å². The highest BCUT2D eigenvalue weighted by Crippen LogP contribution is 2.31. The molecule has 3 aromatic carbocycles. The van der Waals surface area contributed by atoms with Gasteiger partial charge in [-0.2, -0.15) is 13.2 Å². The highest BCUT2D eigenvalue weighted by atomic mass is 32.2. The lowest BCUT2D eigenvalue weighted by Crippen LogP contribution is -2.47. The average Bonchev–Trinajstić information content (AvgIpc) is 3.09. The number of hydrogen-bond donors (Lipinski definition) is 2. The molecule has 1 aliphatic heterocycles. The van der Waals surface area contributed by atoms with Gasteiger partial charge >= 0.3 is 6.18 Å². The fourth-order valence-electron chi connectivity index (χ4n) is 5.90. The number of benzene rings is 3. The van der Waals surface area contributed by atoms with Crippen LogP contribution in [0.4, 0.5) is 18.9 Å². The zero-order chi connectivity index (χ0) is 37.3. The number of rotatable bonds is 10. The van der Waals surface area contributed by atoms with E-state index in [-0.39, 0.29) is 47.4 Å². The van der Waals surface area contributed by atoms with Crippen LogP contribution in [0.25, 0.3) is 0 Å². The van der Waals surface area contributed by atoms with Gasteiger partial charge in [-0.1, -0.05) is 19.1 Å². The van der Waals surface area contributed by atoms with Crippen LogP contribution in [0.3, 0.4) is 0 Å². The SMILES string of the molecule is COc1ccc(S(=O)(=O)Nc2ccc3c(c2)C(=O)N([C@H](C)CO)C[C@@H](C)[C@@H](CN(C)Cc2ccc(C(F)(F)F)cc2)OCCCC[C@H](C)O3)cc1. The minimum absolute atomic E-state index is 0.0123. The van der Waals surface area contributed by atoms with Gasteiger partial charge in [-0.05, 0) is 100 Å². The van der Waals surface area contributed by atoms with Crippen molar-refractivity contribution in [3.63, 3.8) is 0 Å². The molecule has 0 unspecified atom stereocenters. The Balaban J connectivity index is 1.61. The van der Waals surface area contributed by atoms with Gasteiger partial charge in [-0.25, -0.2) is 8.42 Å². The van der Waals surface area contributed by atoms with Crippen molar-refractivity contribution in [3.8, 4) is 11.5 Å². The molecule has 1 amide bonds. The van der Waals surface area contributed by atoms with Crippen LogP contribution in [0.1, 0.15) is 61.5 Å². The largest absolute Gasteiger partial charge is 0.497 e. The number of anilines is 1. The highest BCUT2D eigenvalue weighted by molar-refractivity contribution is 7.92. The Morgan fingerprint density at radius 2 is 1.75 bits per heavy atom. The molecule has 2 N–H and O–H groups in total. The highest BCUT2D eigenvalue weighted by Gasteiger charge is 2.32. The van der Waals surface area contributed by atoms with Crippen LogP contribution in [0.5, 0.6) is 11.5 Å². The minimum atomic E-state index is -4.41. The normalized spacial score (nSPS) is 20.2. The van der Waals surface area contributed by atoms with Crippen molar-refractivity contribution in [3.05, 3.63) is 83.4 Å². The summed E-state index contributed by atoms with van der Waals surface area (Å²) in [5.41, 5.74) is 0.306. The molecule has 51 heavy (non-hydrogen) atoms. The van der Waals surface area contributed by atoms with Gasteiger partial charge in [-0.15, -0.1) is 0 Å². The molecule has 4 atom stereocenters. The zero-order valence-corrected chi connectivity index (χ0v) is 30.5. The molecule has 0 saturated carbocycles. The van der Waals surface area contributed by atoms with Crippen molar-refractivity contribution in [2.24, 2.45) is 5.92 Å². The first-order valence-electron chi connectivity index (χ1n) is 17.0. The number of alkyl halides is 3. The number of amides is 1. The Kier molecular flexibility index (Phi) is 13.8. The summed E-state index contributed by atoms with van der Waals surface area (Å²) in [6.07, 6.45) is -2.81. The van der Waals surface area contributed by atoms with E-state index < -0.39 is 33.7 Å². The Morgan fingerprint density at radius 1 is 1.06 bits per heavy atom. The van der Waals surface area contributed by atoms with Gasteiger partial charge in [-0.3, -0.25) is 14.4 Å². The Bertz CT molecular complexity index is 1690. The second-order valence-corrected chi connectivity index (χ2v) is 14.9. The molecular weight excluding hydrogens is 687 g/mol. The van der Waals surface area contributed by atoms with Crippen molar-refractivity contribution in [1.29, 1.82) is 0 Å². The Labute approximate surface area is 298 Å². The van der Waals surface area contributed by atoms with Crippen molar-refractivity contribution in [2.75, 3.05) is 45.2 Å². The van der Waals surface area contributed by atoms with Gasteiger partial charge in [0.15, 0.2) is 0 Å². The number of carbonyl (C=O) groups excluding carboxylic acids is 1. The fourth-order valence-corrected chi connectivity index (χ4v) is 6.95. The van der Waals surface area contributed by atoms with Crippen molar-refractivity contribution in [1.82, 2.24) is 9.80 Å². The molecule has 0 aliphatic carbocycles. The Hall–Kier alpha value is -3.85. The second-order valence-electron chi connectivity index (χ2n) is 13.2. The Morgan fingerprint density at radius 3 is 2.37 bits per heavy atom. The van der Waals surface area contributed by atoms with E-state index in [4.69, 9.17) is 14.2 Å². The molecule has 1 heterocycles. The number of carbonyl (C=O) groups is 1. The first-order chi connectivity index (χ1) is 24.1. The number of nitrogens with one attached hydrogen (secondary N) is 1. The molecule has 0 saturated heterocycles. The minimum Gasteiger partial charge on any atom is -0.497 e. The maximum absolute atomic E-state index is 14.4. The van der Waals surface area contributed by atoms with Gasteiger partial charge in [0.25, 0.3) is 15.9 Å². The van der Waals surface area contributed by atoms with E-state index >= 15 is 0 Å². The van der Waals surface area contributed by atoms with Gasteiger partial charge in [0.1, 0.15) is 11.5 Å². The molecule has 10 nitrogen and oxygen atoms in total. The van der Waals surface area contributed by atoms with Gasteiger partial charge < -0.3 is 24.2 Å². The second kappa shape index (κ2) is 17.6. The van der Waals surface area contributed by atoms with Gasteiger partial charge in [0.05, 0.1) is 48.0 Å². The topological polar surface area (TPSA) is 118 Å². The van der Waals surface area contributed by atoms with Crippen molar-refractivity contribution < 1.29 is 45.7 Å². The number of sulfonamides is 1. The molecule has 3 aromatic rings. The van der Waals surface area contributed by atoms with Crippen molar-refractivity contribution in [2.45, 2.75) is 75.9 Å². The standard InChI is InChI=1S/C37H48F3N3O7S/c1-25-21-43(26(2)24-44)36(45)33-20-30(41-51(46,47)32-16-14-31(48-5)15-17-32)13-18-34(33)50-27(3)8-6-7-19-49-35(25)23-42(4)22-28-9-11-29(12-10-28)37(38,39)40/h9-18,20,25-27,35,41,44H,6-8,19,21-24H2,1-5H3/t25-,26-,27+,35-/m1/s1. The number of aliphatic hydroxyl groups is 1. The summed E-state index contributed by atoms with van der Waals surface area (Å²) < 4.78 is 86.1. The quantitative estimate of drug-likeness (QED) is 0.245. The summed E-state index contributed by atoms with van der Waals surface area (Å²) in [5.74, 6) is 0.109. The number of halogens is 3. The van der Waals surface area contributed by atoms with E-state index in [9.17, 15) is 31.5 Å². The third-order valence-electron chi connectivity index (χ3n) is 8.90. The van der Waals surface area contributed by atoms with E-state index in [0.29, 0.717) is 43.2 Å². The average molecular weight is 736 g/mol. The van der Waals surface area contributed by atoms with E-state index in [1.807, 2.05) is 25.8 Å². The summed E-state index contributed by atoms with van der Waals surface area (Å²) in [4.78, 5) is 17.9. The summed E-state index contributed by atoms with van der Waals surface area (Å²) in [6.45, 7) is 6.73. The molecule has 14 heteroatoms. The summed E-state index contributed by atoms with van der Waals surface area (Å²) >= 11 is 0. The van der Waals surface area contributed by atoms with Crippen LogP contribution < -0.4 is 14.2 Å². The molecule has 0 aromatic heterocycles. The molecule has 4 rings (SSSR count). The molecule has 0 bridgehead atoms. The predicted molar refractivity (Wildman–Crippen MR) is 188 cm³/mol. The van der Waals surface area contributed by atoms with Gasteiger partial charge in [0, 0.05) is 37.8 Å². The van der Waals surface area contributed by atoms with Crippen LogP contribution in [0, 0.1) is 5.92 Å². The van der Waals surface area contributed by atoms with Crippen molar-refractivity contribution >= 4 is 21.6 Å². The summed E-state index contributed by atoms with van der Waals surface area (Å²) in [7, 11) is -0.672. The number of fused-ring (bicyclic) bond motifs is 1. The monoisotopic (exact) mass is 735 g/mol. The number of nitrogens with zero attached hydrogens (tertiary/aromatic N) is 2. The number of likely N-dealkylation sites (N-methyl/N-ethyl adjacent to an activating group) is 1. The van der Waals surface area contributed by atoms with E-state index in [0.717, 1.165) is 25.0 Å².